The van der Waals surface area contributed by atoms with Gasteiger partial charge in [-0.1, -0.05) is 0 Å². The van der Waals surface area contributed by atoms with Crippen molar-refractivity contribution >= 4 is 5.82 Å². The van der Waals surface area contributed by atoms with Crippen molar-refractivity contribution in [3.05, 3.63) is 11.3 Å². The van der Waals surface area contributed by atoms with E-state index >= 15 is 0 Å². The Balaban J connectivity index is 1.99. The van der Waals surface area contributed by atoms with E-state index in [4.69, 9.17) is 4.74 Å². The Morgan fingerprint density at radius 3 is 2.78 bits per heavy atom. The summed E-state index contributed by atoms with van der Waals surface area (Å²) >= 11 is 0. The van der Waals surface area contributed by atoms with Gasteiger partial charge >= 0.3 is 6.01 Å². The summed E-state index contributed by atoms with van der Waals surface area (Å²) < 4.78 is 5.24. The predicted molar refractivity (Wildman–Crippen MR) is 70.1 cm³/mol. The molecule has 0 amide bonds. The topological polar surface area (TPSA) is 50.3 Å². The summed E-state index contributed by atoms with van der Waals surface area (Å²) in [5, 5.41) is 3.36. The van der Waals surface area contributed by atoms with Gasteiger partial charge in [-0.2, -0.15) is 9.97 Å². The first-order chi connectivity index (χ1) is 8.88. The molecule has 1 N–H and O–H groups in total. The van der Waals surface area contributed by atoms with Crippen molar-refractivity contribution in [2.75, 3.05) is 31.6 Å². The van der Waals surface area contributed by atoms with E-state index in [0.29, 0.717) is 6.01 Å². The maximum absolute atomic E-state index is 5.24. The van der Waals surface area contributed by atoms with E-state index < -0.39 is 0 Å². The van der Waals surface area contributed by atoms with Crippen molar-refractivity contribution < 1.29 is 4.74 Å². The molecule has 1 aromatic heterocycles. The summed E-state index contributed by atoms with van der Waals surface area (Å²) in [5.41, 5.74) is 2.42. The highest BCUT2D eigenvalue weighted by molar-refractivity contribution is 5.51. The third-order valence-corrected chi connectivity index (χ3v) is 3.73. The molecule has 2 aliphatic rings. The van der Waals surface area contributed by atoms with Crippen LogP contribution in [-0.2, 0) is 13.0 Å². The maximum Gasteiger partial charge on any atom is 0.318 e. The number of hydrogen-bond acceptors (Lipinski definition) is 5. The second kappa shape index (κ2) is 5.10. The predicted octanol–water partition coefficient (Wildman–Crippen LogP) is 1.12. The Bertz CT molecular complexity index is 429. The molecular weight excluding hydrogens is 228 g/mol. The smallest absolute Gasteiger partial charge is 0.318 e. The average molecular weight is 248 g/mol. The van der Waals surface area contributed by atoms with Crippen LogP contribution in [0.3, 0.4) is 0 Å². The molecule has 0 bridgehead atoms. The van der Waals surface area contributed by atoms with E-state index in [1.54, 1.807) is 7.11 Å². The lowest BCUT2D eigenvalue weighted by molar-refractivity contribution is 0.375. The first-order valence-corrected chi connectivity index (χ1v) is 6.78. The van der Waals surface area contributed by atoms with Crippen molar-refractivity contribution in [2.45, 2.75) is 32.2 Å². The van der Waals surface area contributed by atoms with Crippen LogP contribution < -0.4 is 15.0 Å². The molecular formula is C13H20N4O. The summed E-state index contributed by atoms with van der Waals surface area (Å²) in [6.45, 7) is 4.07. The van der Waals surface area contributed by atoms with Gasteiger partial charge in [0.1, 0.15) is 5.82 Å². The number of rotatable bonds is 2. The monoisotopic (exact) mass is 248 g/mol. The minimum absolute atomic E-state index is 0.498. The maximum atomic E-state index is 5.24. The fraction of sp³-hybridized carbons (Fsp3) is 0.692. The number of aromatic nitrogens is 2. The number of anilines is 1. The van der Waals surface area contributed by atoms with Crippen molar-refractivity contribution in [3.63, 3.8) is 0 Å². The highest BCUT2D eigenvalue weighted by Crippen LogP contribution is 2.27. The molecule has 98 valence electrons. The third kappa shape index (κ3) is 2.14. The summed E-state index contributed by atoms with van der Waals surface area (Å²) in [7, 11) is 1.64. The molecule has 3 heterocycles. The number of fused-ring (bicyclic) bond motifs is 1. The first-order valence-electron chi connectivity index (χ1n) is 6.78. The highest BCUT2D eigenvalue weighted by Gasteiger charge is 2.22. The molecule has 0 aliphatic carbocycles. The minimum Gasteiger partial charge on any atom is -0.467 e. The standard InChI is InChI=1S/C13H20N4O/c1-18-13-15-11-9-14-6-5-10(11)12(16-13)17-7-3-2-4-8-17/h14H,2-9H2,1H3. The van der Waals surface area contributed by atoms with Gasteiger partial charge in [0.15, 0.2) is 0 Å². The number of hydrogen-bond donors (Lipinski definition) is 1. The van der Waals surface area contributed by atoms with E-state index in [-0.39, 0.29) is 0 Å². The van der Waals surface area contributed by atoms with Crippen molar-refractivity contribution in [2.24, 2.45) is 0 Å². The molecule has 18 heavy (non-hydrogen) atoms. The van der Waals surface area contributed by atoms with E-state index in [1.165, 1.54) is 24.8 Å². The van der Waals surface area contributed by atoms with Crippen LogP contribution >= 0.6 is 0 Å². The fourth-order valence-electron chi connectivity index (χ4n) is 2.78. The van der Waals surface area contributed by atoms with Gasteiger partial charge in [0.25, 0.3) is 0 Å². The van der Waals surface area contributed by atoms with Gasteiger partial charge in [0.2, 0.25) is 0 Å². The number of ether oxygens (including phenoxy) is 1. The molecule has 1 fully saturated rings. The van der Waals surface area contributed by atoms with Gasteiger partial charge < -0.3 is 15.0 Å². The van der Waals surface area contributed by atoms with Crippen molar-refractivity contribution in [3.8, 4) is 6.01 Å². The average Bonchev–Trinajstić information content (AvgIpc) is 2.47. The van der Waals surface area contributed by atoms with E-state index in [2.05, 4.69) is 20.2 Å². The van der Waals surface area contributed by atoms with Crippen LogP contribution in [0.1, 0.15) is 30.5 Å². The van der Waals surface area contributed by atoms with E-state index in [9.17, 15) is 0 Å². The first kappa shape index (κ1) is 11.7. The zero-order chi connectivity index (χ0) is 12.4. The SMILES string of the molecule is COc1nc2c(c(N3CCCCC3)n1)CCNC2. The quantitative estimate of drug-likeness (QED) is 0.850. The van der Waals surface area contributed by atoms with Gasteiger partial charge in [-0.05, 0) is 32.2 Å². The normalized spacial score (nSPS) is 19.5. The molecule has 0 atom stereocenters. The number of nitrogens with one attached hydrogen (secondary N) is 1. The third-order valence-electron chi connectivity index (χ3n) is 3.73. The summed E-state index contributed by atoms with van der Waals surface area (Å²) in [4.78, 5) is 11.5. The van der Waals surface area contributed by atoms with Crippen LogP contribution in [0.2, 0.25) is 0 Å². The Kier molecular flexibility index (Phi) is 3.32. The van der Waals surface area contributed by atoms with Gasteiger partial charge in [-0.15, -0.1) is 0 Å². The molecule has 0 radical (unpaired) electrons. The molecule has 3 rings (SSSR count). The Morgan fingerprint density at radius 1 is 1.17 bits per heavy atom. The van der Waals surface area contributed by atoms with E-state index in [0.717, 1.165) is 44.1 Å². The number of methoxy groups -OCH3 is 1. The molecule has 5 heteroatoms. The number of piperidine rings is 1. The molecule has 5 nitrogen and oxygen atoms in total. The van der Waals surface area contributed by atoms with Gasteiger partial charge in [-0.25, -0.2) is 0 Å². The zero-order valence-electron chi connectivity index (χ0n) is 10.9. The van der Waals surface area contributed by atoms with Crippen LogP contribution in [0, 0.1) is 0 Å². The van der Waals surface area contributed by atoms with Gasteiger partial charge in [0.05, 0.1) is 12.8 Å². The Hall–Kier alpha value is -1.36. The van der Waals surface area contributed by atoms with Crippen LogP contribution in [0.4, 0.5) is 5.82 Å². The summed E-state index contributed by atoms with van der Waals surface area (Å²) in [6, 6.07) is 0.498. The zero-order valence-corrected chi connectivity index (χ0v) is 10.9. The Morgan fingerprint density at radius 2 is 2.00 bits per heavy atom. The lowest BCUT2D eigenvalue weighted by atomic mass is 10.0. The molecule has 1 aromatic rings. The van der Waals surface area contributed by atoms with Crippen LogP contribution in [0.5, 0.6) is 6.01 Å². The van der Waals surface area contributed by atoms with Gasteiger partial charge in [-0.3, -0.25) is 0 Å². The fourth-order valence-corrected chi connectivity index (χ4v) is 2.78. The van der Waals surface area contributed by atoms with Crippen molar-refractivity contribution in [1.82, 2.24) is 15.3 Å². The lowest BCUT2D eigenvalue weighted by Crippen LogP contribution is -2.34. The molecule has 0 saturated carbocycles. The summed E-state index contributed by atoms with van der Waals surface area (Å²) in [5.74, 6) is 1.11. The van der Waals surface area contributed by atoms with Gasteiger partial charge in [0, 0.05) is 25.2 Å². The molecule has 2 aliphatic heterocycles. The Labute approximate surface area is 108 Å². The number of nitrogens with zero attached hydrogens (tertiary/aromatic N) is 3. The largest absolute Gasteiger partial charge is 0.467 e. The van der Waals surface area contributed by atoms with Crippen LogP contribution in [-0.4, -0.2) is 36.7 Å². The second-order valence-corrected chi connectivity index (χ2v) is 4.93. The molecule has 0 spiro atoms. The highest BCUT2D eigenvalue weighted by atomic mass is 16.5. The second-order valence-electron chi connectivity index (χ2n) is 4.93. The summed E-state index contributed by atoms with van der Waals surface area (Å²) in [6.07, 6.45) is 4.88. The van der Waals surface area contributed by atoms with Crippen LogP contribution in [0.25, 0.3) is 0 Å². The van der Waals surface area contributed by atoms with Crippen LogP contribution in [0.15, 0.2) is 0 Å². The minimum atomic E-state index is 0.498. The lowest BCUT2D eigenvalue weighted by Gasteiger charge is -2.31. The molecule has 1 saturated heterocycles. The molecule has 0 aromatic carbocycles. The van der Waals surface area contributed by atoms with Crippen molar-refractivity contribution in [1.29, 1.82) is 0 Å². The van der Waals surface area contributed by atoms with E-state index in [1.807, 2.05) is 0 Å². The molecule has 0 unspecified atom stereocenters.